The Hall–Kier alpha value is -2.29. The molecule has 1 aromatic carbocycles. The molecule has 2 aromatic rings. The second-order valence-electron chi connectivity index (χ2n) is 4.31. The van der Waals surface area contributed by atoms with E-state index >= 15 is 0 Å². The highest BCUT2D eigenvalue weighted by atomic mass is 16.1. The van der Waals surface area contributed by atoms with Crippen LogP contribution in [0, 0.1) is 0 Å². The molecule has 0 spiro atoms. The van der Waals surface area contributed by atoms with Crippen LogP contribution in [0.4, 0.5) is 0 Å². The van der Waals surface area contributed by atoms with Gasteiger partial charge in [0.15, 0.2) is 24.0 Å². The number of pyridine rings is 1. The second-order valence-corrected chi connectivity index (χ2v) is 4.31. The number of aryl methyl sites for hydroxylation is 1. The van der Waals surface area contributed by atoms with Gasteiger partial charge in [0, 0.05) is 11.6 Å². The highest BCUT2D eigenvalue weighted by molar-refractivity contribution is 6.13. The Morgan fingerprint density at radius 3 is 2.26 bits per heavy atom. The summed E-state index contributed by atoms with van der Waals surface area (Å²) >= 11 is 0. The number of benzene rings is 1. The van der Waals surface area contributed by atoms with Crippen molar-refractivity contribution in [2.24, 2.45) is 0 Å². The first kappa shape index (κ1) is 13.1. The van der Waals surface area contributed by atoms with Crippen LogP contribution in [0.15, 0.2) is 54.9 Å². The highest BCUT2D eigenvalue weighted by Gasteiger charge is 2.15. The highest BCUT2D eigenvalue weighted by Crippen LogP contribution is 2.07. The third-order valence-corrected chi connectivity index (χ3v) is 2.96. The predicted octanol–water partition coefficient (Wildman–Crippen LogP) is 2.45. The molecular weight excluding hydrogens is 238 g/mol. The second kappa shape index (κ2) is 6.05. The minimum atomic E-state index is -0.142. The van der Waals surface area contributed by atoms with Crippen LogP contribution in [0.3, 0.4) is 0 Å². The number of hydrogen-bond acceptors (Lipinski definition) is 2. The van der Waals surface area contributed by atoms with Crippen molar-refractivity contribution in [3.8, 4) is 0 Å². The summed E-state index contributed by atoms with van der Waals surface area (Å²) in [6, 6.07) is 12.5. The lowest BCUT2D eigenvalue weighted by molar-refractivity contribution is -0.693. The Labute approximate surface area is 112 Å². The van der Waals surface area contributed by atoms with E-state index in [1.807, 2.05) is 29.8 Å². The van der Waals surface area contributed by atoms with Crippen LogP contribution in [-0.4, -0.2) is 11.6 Å². The maximum atomic E-state index is 12.1. The fraction of sp³-hybridized carbons (Fsp3) is 0.188. The molecule has 1 aromatic heterocycles. The molecule has 2 rings (SSSR count). The fourth-order valence-electron chi connectivity index (χ4n) is 1.86. The zero-order chi connectivity index (χ0) is 13.7. The van der Waals surface area contributed by atoms with Crippen LogP contribution in [0.5, 0.6) is 0 Å². The summed E-state index contributed by atoms with van der Waals surface area (Å²) in [5.41, 5.74) is 1.16. The summed E-state index contributed by atoms with van der Waals surface area (Å²) in [7, 11) is 0. The van der Waals surface area contributed by atoms with Gasteiger partial charge in [-0.3, -0.25) is 9.59 Å². The molecule has 0 fully saturated rings. The molecule has 3 nitrogen and oxygen atoms in total. The van der Waals surface area contributed by atoms with E-state index in [1.54, 1.807) is 36.5 Å². The molecule has 0 amide bonds. The SMILES string of the molecule is CC[n+]1cccc(C(=O)CC(=O)c2ccccc2)c1. The third-order valence-electron chi connectivity index (χ3n) is 2.96. The quantitative estimate of drug-likeness (QED) is 0.467. The molecule has 19 heavy (non-hydrogen) atoms. The number of carbonyl (C=O) groups excluding carboxylic acids is 2. The molecule has 0 aliphatic rings. The Morgan fingerprint density at radius 2 is 1.58 bits per heavy atom. The maximum absolute atomic E-state index is 12.1. The van der Waals surface area contributed by atoms with Gasteiger partial charge in [0.25, 0.3) is 0 Å². The molecular formula is C16H16NO2+. The molecule has 0 radical (unpaired) electrons. The van der Waals surface area contributed by atoms with E-state index in [-0.39, 0.29) is 18.0 Å². The number of nitrogens with zero attached hydrogens (tertiary/aromatic N) is 1. The van der Waals surface area contributed by atoms with Crippen molar-refractivity contribution in [3.05, 3.63) is 66.0 Å². The van der Waals surface area contributed by atoms with Crippen molar-refractivity contribution in [1.82, 2.24) is 0 Å². The van der Waals surface area contributed by atoms with E-state index in [2.05, 4.69) is 0 Å². The monoisotopic (exact) mass is 254 g/mol. The van der Waals surface area contributed by atoms with Gasteiger partial charge in [0.1, 0.15) is 6.54 Å². The summed E-state index contributed by atoms with van der Waals surface area (Å²) in [6.45, 7) is 2.80. The molecule has 0 bridgehead atoms. The van der Waals surface area contributed by atoms with E-state index in [1.165, 1.54) is 0 Å². The largest absolute Gasteiger partial charge is 0.294 e. The van der Waals surface area contributed by atoms with Crippen molar-refractivity contribution >= 4 is 11.6 Å². The van der Waals surface area contributed by atoms with E-state index in [4.69, 9.17) is 0 Å². The fourth-order valence-corrected chi connectivity index (χ4v) is 1.86. The Kier molecular flexibility index (Phi) is 4.18. The summed E-state index contributed by atoms with van der Waals surface area (Å²) in [5, 5.41) is 0. The van der Waals surface area contributed by atoms with Gasteiger partial charge < -0.3 is 0 Å². The predicted molar refractivity (Wildman–Crippen MR) is 72.0 cm³/mol. The van der Waals surface area contributed by atoms with Gasteiger partial charge in [-0.2, -0.15) is 0 Å². The Balaban J connectivity index is 2.11. The number of hydrogen-bond donors (Lipinski definition) is 0. The Bertz CT molecular complexity index is 591. The lowest BCUT2D eigenvalue weighted by atomic mass is 10.0. The van der Waals surface area contributed by atoms with Crippen molar-refractivity contribution in [1.29, 1.82) is 0 Å². The first-order chi connectivity index (χ1) is 9.20. The molecule has 0 atom stereocenters. The van der Waals surface area contributed by atoms with Crippen molar-refractivity contribution in [2.75, 3.05) is 0 Å². The van der Waals surface area contributed by atoms with Crippen molar-refractivity contribution in [3.63, 3.8) is 0 Å². The molecule has 0 aliphatic carbocycles. The van der Waals surface area contributed by atoms with E-state index in [9.17, 15) is 9.59 Å². The number of rotatable bonds is 5. The van der Waals surface area contributed by atoms with Crippen LogP contribution < -0.4 is 4.57 Å². The number of ketones is 2. The van der Waals surface area contributed by atoms with Gasteiger partial charge >= 0.3 is 0 Å². The van der Waals surface area contributed by atoms with Crippen LogP contribution in [0.1, 0.15) is 34.1 Å². The lowest BCUT2D eigenvalue weighted by Gasteiger charge is -2.00. The average Bonchev–Trinajstić information content (AvgIpc) is 2.48. The lowest BCUT2D eigenvalue weighted by Crippen LogP contribution is -2.32. The van der Waals surface area contributed by atoms with E-state index < -0.39 is 0 Å². The molecule has 3 heteroatoms. The van der Waals surface area contributed by atoms with Gasteiger partial charge in [-0.1, -0.05) is 30.3 Å². The summed E-state index contributed by atoms with van der Waals surface area (Å²) in [6.07, 6.45) is 3.59. The molecule has 0 unspecified atom stereocenters. The number of carbonyl (C=O) groups is 2. The van der Waals surface area contributed by atoms with Gasteiger partial charge in [-0.15, -0.1) is 0 Å². The number of Topliss-reactive ketones (excluding diaryl/α,β-unsaturated/α-hetero) is 2. The van der Waals surface area contributed by atoms with Gasteiger partial charge in [-0.25, -0.2) is 4.57 Å². The van der Waals surface area contributed by atoms with Crippen LogP contribution in [0.25, 0.3) is 0 Å². The molecule has 0 saturated carbocycles. The minimum Gasteiger partial charge on any atom is -0.294 e. The first-order valence-corrected chi connectivity index (χ1v) is 6.31. The topological polar surface area (TPSA) is 38.0 Å². The molecule has 96 valence electrons. The maximum Gasteiger partial charge on any atom is 0.179 e. The smallest absolute Gasteiger partial charge is 0.179 e. The summed E-state index contributed by atoms with van der Waals surface area (Å²) < 4.78 is 1.92. The molecule has 0 aliphatic heterocycles. The van der Waals surface area contributed by atoms with Crippen LogP contribution in [-0.2, 0) is 6.54 Å². The van der Waals surface area contributed by atoms with Gasteiger partial charge in [-0.05, 0) is 13.0 Å². The zero-order valence-electron chi connectivity index (χ0n) is 10.9. The van der Waals surface area contributed by atoms with E-state index in [0.717, 1.165) is 6.54 Å². The molecule has 0 N–H and O–H groups in total. The first-order valence-electron chi connectivity index (χ1n) is 6.31. The standard InChI is InChI=1S/C16H16NO2/c1-2-17-10-6-9-14(12-17)16(19)11-15(18)13-7-4-3-5-8-13/h3-10,12H,2,11H2,1H3/q+1. The molecule has 1 heterocycles. The third kappa shape index (κ3) is 3.35. The van der Waals surface area contributed by atoms with Gasteiger partial charge in [0.05, 0.1) is 12.0 Å². The van der Waals surface area contributed by atoms with Crippen molar-refractivity contribution < 1.29 is 14.2 Å². The average molecular weight is 254 g/mol. The minimum absolute atomic E-state index is 0.0856. The normalized spacial score (nSPS) is 10.2. The van der Waals surface area contributed by atoms with Gasteiger partial charge in [0.2, 0.25) is 0 Å². The van der Waals surface area contributed by atoms with Crippen molar-refractivity contribution in [2.45, 2.75) is 19.9 Å². The van der Waals surface area contributed by atoms with Crippen LogP contribution in [0.2, 0.25) is 0 Å². The summed E-state index contributed by atoms with van der Waals surface area (Å²) in [4.78, 5) is 24.0. The van der Waals surface area contributed by atoms with Crippen LogP contribution >= 0.6 is 0 Å². The zero-order valence-corrected chi connectivity index (χ0v) is 10.9. The molecule has 0 saturated heterocycles. The van der Waals surface area contributed by atoms with E-state index in [0.29, 0.717) is 11.1 Å². The number of aromatic nitrogens is 1. The Morgan fingerprint density at radius 1 is 0.947 bits per heavy atom. The summed E-state index contributed by atoms with van der Waals surface area (Å²) in [5.74, 6) is -0.283.